The van der Waals surface area contributed by atoms with E-state index < -0.39 is 0 Å². The van der Waals surface area contributed by atoms with Crippen LogP contribution in [0.1, 0.15) is 11.1 Å². The topological polar surface area (TPSA) is 33.7 Å². The van der Waals surface area contributed by atoms with Gasteiger partial charge in [0, 0.05) is 31.9 Å². The van der Waals surface area contributed by atoms with Crippen LogP contribution in [0.3, 0.4) is 0 Å². The minimum Gasteiger partial charge on any atom is -0.496 e. The summed E-state index contributed by atoms with van der Waals surface area (Å²) < 4.78 is 10.7. The molecule has 1 fully saturated rings. The smallest absolute Gasteiger partial charge is 0.122 e. The second kappa shape index (κ2) is 6.78. The van der Waals surface area contributed by atoms with Gasteiger partial charge in [0.1, 0.15) is 5.75 Å². The molecule has 0 unspecified atom stereocenters. The number of anilines is 1. The maximum Gasteiger partial charge on any atom is 0.122 e. The Morgan fingerprint density at radius 1 is 1.21 bits per heavy atom. The summed E-state index contributed by atoms with van der Waals surface area (Å²) in [5, 5.41) is 3.51. The van der Waals surface area contributed by atoms with Crippen LogP contribution in [0.15, 0.2) is 12.1 Å². The van der Waals surface area contributed by atoms with E-state index in [1.807, 2.05) is 0 Å². The van der Waals surface area contributed by atoms with Crippen LogP contribution in [0.4, 0.5) is 5.69 Å². The predicted molar refractivity (Wildman–Crippen MR) is 78.2 cm³/mol. The number of nitrogens with one attached hydrogen (secondary N) is 1. The predicted octanol–water partition coefficient (Wildman–Crippen LogP) is 2.06. The van der Waals surface area contributed by atoms with E-state index in [0.29, 0.717) is 0 Å². The molecule has 1 saturated heterocycles. The first-order chi connectivity index (χ1) is 9.20. The highest BCUT2D eigenvalue weighted by Gasteiger charge is 2.10. The number of rotatable bonds is 5. The zero-order valence-corrected chi connectivity index (χ0v) is 12.2. The van der Waals surface area contributed by atoms with Crippen LogP contribution in [0.5, 0.6) is 5.75 Å². The summed E-state index contributed by atoms with van der Waals surface area (Å²) >= 11 is 0. The SMILES string of the molecule is COc1cc(C)c(NCCN2CCOCC2)cc1C. The summed E-state index contributed by atoms with van der Waals surface area (Å²) in [6, 6.07) is 4.25. The van der Waals surface area contributed by atoms with Crippen LogP contribution in [-0.4, -0.2) is 51.4 Å². The number of morpholine rings is 1. The summed E-state index contributed by atoms with van der Waals surface area (Å²) in [7, 11) is 1.72. The van der Waals surface area contributed by atoms with Crippen molar-refractivity contribution in [1.82, 2.24) is 4.90 Å². The van der Waals surface area contributed by atoms with Crippen molar-refractivity contribution in [2.75, 3.05) is 51.8 Å². The zero-order chi connectivity index (χ0) is 13.7. The molecule has 0 aromatic heterocycles. The molecule has 1 aliphatic rings. The van der Waals surface area contributed by atoms with Crippen molar-refractivity contribution in [2.45, 2.75) is 13.8 Å². The Balaban J connectivity index is 1.86. The van der Waals surface area contributed by atoms with Crippen LogP contribution < -0.4 is 10.1 Å². The molecule has 106 valence electrons. The number of aryl methyl sites for hydroxylation is 2. The standard InChI is InChI=1S/C15H24N2O2/c1-12-11-15(18-3)13(2)10-14(12)16-4-5-17-6-8-19-9-7-17/h10-11,16H,4-9H2,1-3H3. The van der Waals surface area contributed by atoms with E-state index in [-0.39, 0.29) is 0 Å². The normalized spacial score (nSPS) is 16.4. The lowest BCUT2D eigenvalue weighted by Crippen LogP contribution is -2.39. The summed E-state index contributed by atoms with van der Waals surface area (Å²) in [5.74, 6) is 0.955. The molecule has 4 nitrogen and oxygen atoms in total. The molecule has 0 radical (unpaired) electrons. The third kappa shape index (κ3) is 3.85. The van der Waals surface area contributed by atoms with Gasteiger partial charge in [-0.05, 0) is 37.1 Å². The van der Waals surface area contributed by atoms with Gasteiger partial charge in [-0.2, -0.15) is 0 Å². The molecule has 0 saturated carbocycles. The van der Waals surface area contributed by atoms with Gasteiger partial charge in [-0.3, -0.25) is 4.90 Å². The van der Waals surface area contributed by atoms with E-state index >= 15 is 0 Å². The van der Waals surface area contributed by atoms with Gasteiger partial charge in [0.25, 0.3) is 0 Å². The van der Waals surface area contributed by atoms with Crippen LogP contribution in [0.2, 0.25) is 0 Å². The first kappa shape index (κ1) is 14.2. The summed E-state index contributed by atoms with van der Waals surface area (Å²) in [6.07, 6.45) is 0. The number of nitrogens with zero attached hydrogens (tertiary/aromatic N) is 1. The maximum atomic E-state index is 5.35. The van der Waals surface area contributed by atoms with E-state index in [1.165, 1.54) is 16.8 Å². The number of hydrogen-bond donors (Lipinski definition) is 1. The molecule has 0 amide bonds. The molecule has 0 aliphatic carbocycles. The van der Waals surface area contributed by atoms with Crippen LogP contribution in [-0.2, 0) is 4.74 Å². The van der Waals surface area contributed by atoms with E-state index in [2.05, 4.69) is 36.2 Å². The second-order valence-electron chi connectivity index (χ2n) is 5.02. The highest BCUT2D eigenvalue weighted by atomic mass is 16.5. The largest absolute Gasteiger partial charge is 0.496 e. The lowest BCUT2D eigenvalue weighted by atomic mass is 10.1. The van der Waals surface area contributed by atoms with E-state index in [0.717, 1.165) is 45.1 Å². The molecule has 4 heteroatoms. The van der Waals surface area contributed by atoms with Crippen molar-refractivity contribution >= 4 is 5.69 Å². The Morgan fingerprint density at radius 2 is 1.95 bits per heavy atom. The Morgan fingerprint density at radius 3 is 2.63 bits per heavy atom. The lowest BCUT2D eigenvalue weighted by Gasteiger charge is -2.26. The average molecular weight is 264 g/mol. The first-order valence-corrected chi connectivity index (χ1v) is 6.90. The number of ether oxygens (including phenoxy) is 2. The van der Waals surface area contributed by atoms with Crippen molar-refractivity contribution in [3.63, 3.8) is 0 Å². The lowest BCUT2D eigenvalue weighted by molar-refractivity contribution is 0.0398. The Bertz CT molecular complexity index is 415. The number of benzene rings is 1. The minimum atomic E-state index is 0.862. The monoisotopic (exact) mass is 264 g/mol. The van der Waals surface area contributed by atoms with Gasteiger partial charge in [0.15, 0.2) is 0 Å². The van der Waals surface area contributed by atoms with Gasteiger partial charge in [-0.1, -0.05) is 0 Å². The number of methoxy groups -OCH3 is 1. The van der Waals surface area contributed by atoms with Crippen LogP contribution >= 0.6 is 0 Å². The maximum absolute atomic E-state index is 5.35. The van der Waals surface area contributed by atoms with Crippen molar-refractivity contribution in [3.8, 4) is 5.75 Å². The molecular weight excluding hydrogens is 240 g/mol. The molecule has 1 aliphatic heterocycles. The summed E-state index contributed by atoms with van der Waals surface area (Å²) in [6.45, 7) is 10.0. The third-order valence-electron chi connectivity index (χ3n) is 3.59. The summed E-state index contributed by atoms with van der Waals surface area (Å²) in [5.41, 5.74) is 3.60. The number of hydrogen-bond acceptors (Lipinski definition) is 4. The minimum absolute atomic E-state index is 0.862. The molecule has 1 aromatic rings. The van der Waals surface area contributed by atoms with Gasteiger partial charge in [-0.25, -0.2) is 0 Å². The molecule has 0 bridgehead atoms. The Kier molecular flexibility index (Phi) is 5.05. The zero-order valence-electron chi connectivity index (χ0n) is 12.2. The fourth-order valence-electron chi connectivity index (χ4n) is 2.37. The van der Waals surface area contributed by atoms with Gasteiger partial charge >= 0.3 is 0 Å². The third-order valence-corrected chi connectivity index (χ3v) is 3.59. The van der Waals surface area contributed by atoms with E-state index in [9.17, 15) is 0 Å². The molecule has 19 heavy (non-hydrogen) atoms. The van der Waals surface area contributed by atoms with E-state index in [1.54, 1.807) is 7.11 Å². The van der Waals surface area contributed by atoms with Crippen molar-refractivity contribution in [2.24, 2.45) is 0 Å². The van der Waals surface area contributed by atoms with Crippen LogP contribution in [0, 0.1) is 13.8 Å². The van der Waals surface area contributed by atoms with Crippen molar-refractivity contribution < 1.29 is 9.47 Å². The highest BCUT2D eigenvalue weighted by molar-refractivity contribution is 5.56. The second-order valence-corrected chi connectivity index (χ2v) is 5.02. The first-order valence-electron chi connectivity index (χ1n) is 6.90. The molecule has 2 rings (SSSR count). The van der Waals surface area contributed by atoms with Crippen molar-refractivity contribution in [1.29, 1.82) is 0 Å². The fraction of sp³-hybridized carbons (Fsp3) is 0.600. The van der Waals surface area contributed by atoms with Gasteiger partial charge in [0.05, 0.1) is 20.3 Å². The van der Waals surface area contributed by atoms with E-state index in [4.69, 9.17) is 9.47 Å². The van der Waals surface area contributed by atoms with Crippen molar-refractivity contribution in [3.05, 3.63) is 23.3 Å². The van der Waals surface area contributed by atoms with Gasteiger partial charge in [-0.15, -0.1) is 0 Å². The molecule has 1 heterocycles. The summed E-state index contributed by atoms with van der Waals surface area (Å²) in [4.78, 5) is 2.43. The molecule has 1 aromatic carbocycles. The van der Waals surface area contributed by atoms with Gasteiger partial charge < -0.3 is 14.8 Å². The van der Waals surface area contributed by atoms with Crippen LogP contribution in [0.25, 0.3) is 0 Å². The van der Waals surface area contributed by atoms with Gasteiger partial charge in [0.2, 0.25) is 0 Å². The highest BCUT2D eigenvalue weighted by Crippen LogP contribution is 2.25. The molecular formula is C15H24N2O2. The molecule has 0 atom stereocenters. The Labute approximate surface area is 115 Å². The quantitative estimate of drug-likeness (QED) is 0.882. The Hall–Kier alpha value is -1.26. The molecule has 0 spiro atoms. The fourth-order valence-corrected chi connectivity index (χ4v) is 2.37. The molecule has 1 N–H and O–H groups in total. The average Bonchev–Trinajstić information content (AvgIpc) is 2.43.